The van der Waals surface area contributed by atoms with Crippen molar-refractivity contribution in [2.75, 3.05) is 26.0 Å². The summed E-state index contributed by atoms with van der Waals surface area (Å²) in [6.45, 7) is 2.68. The van der Waals surface area contributed by atoms with Crippen molar-refractivity contribution < 1.29 is 13.2 Å². The molecular formula is C8H16NO3S. The Morgan fingerprint density at radius 3 is 2.85 bits per heavy atom. The zero-order valence-electron chi connectivity index (χ0n) is 8.06. The van der Waals surface area contributed by atoms with Gasteiger partial charge in [0.15, 0.2) is 0 Å². The average Bonchev–Trinajstić information content (AvgIpc) is 2.54. The largest absolute Gasteiger partial charge is 0.383 e. The molecule has 13 heavy (non-hydrogen) atoms. The molecular weight excluding hydrogens is 190 g/mol. The van der Waals surface area contributed by atoms with Crippen LogP contribution >= 0.6 is 0 Å². The highest BCUT2D eigenvalue weighted by atomic mass is 32.2. The summed E-state index contributed by atoms with van der Waals surface area (Å²) in [4.78, 5) is 0. The van der Waals surface area contributed by atoms with Crippen molar-refractivity contribution in [3.8, 4) is 0 Å². The molecule has 0 amide bonds. The number of ether oxygens (including phenoxy) is 1. The maximum Gasteiger partial charge on any atom is 0.214 e. The van der Waals surface area contributed by atoms with Crippen LogP contribution in [0, 0.1) is 6.42 Å². The molecule has 0 bridgehead atoms. The van der Waals surface area contributed by atoms with Gasteiger partial charge < -0.3 is 4.74 Å². The third-order valence-corrected chi connectivity index (χ3v) is 4.13. The lowest BCUT2D eigenvalue weighted by Gasteiger charge is -2.22. The molecule has 0 saturated carbocycles. The van der Waals surface area contributed by atoms with Crippen molar-refractivity contribution in [3.05, 3.63) is 6.42 Å². The minimum Gasteiger partial charge on any atom is -0.383 e. The van der Waals surface area contributed by atoms with Gasteiger partial charge in [-0.25, -0.2) is 8.42 Å². The molecule has 1 radical (unpaired) electrons. The van der Waals surface area contributed by atoms with Crippen LogP contribution in [0.25, 0.3) is 0 Å². The van der Waals surface area contributed by atoms with E-state index in [1.54, 1.807) is 14.0 Å². The molecule has 1 aliphatic rings. The summed E-state index contributed by atoms with van der Waals surface area (Å²) in [5.74, 6) is 0.168. The van der Waals surface area contributed by atoms with Gasteiger partial charge in [0.1, 0.15) is 0 Å². The van der Waals surface area contributed by atoms with Gasteiger partial charge in [0.25, 0.3) is 0 Å². The quantitative estimate of drug-likeness (QED) is 0.663. The molecule has 4 nitrogen and oxygen atoms in total. The zero-order valence-corrected chi connectivity index (χ0v) is 8.88. The van der Waals surface area contributed by atoms with E-state index < -0.39 is 10.0 Å². The summed E-state index contributed by atoms with van der Waals surface area (Å²) in [5, 5.41) is 0. The predicted octanol–water partition coefficient (Wildman–Crippen LogP) is 0.261. The van der Waals surface area contributed by atoms with E-state index in [2.05, 4.69) is 0 Å². The molecule has 5 heteroatoms. The molecule has 0 unspecified atom stereocenters. The van der Waals surface area contributed by atoms with E-state index in [4.69, 9.17) is 4.74 Å². The lowest BCUT2D eigenvalue weighted by atomic mass is 10.2. The summed E-state index contributed by atoms with van der Waals surface area (Å²) >= 11 is 0. The van der Waals surface area contributed by atoms with Crippen LogP contribution in [0.4, 0.5) is 0 Å². The van der Waals surface area contributed by atoms with Crippen LogP contribution in [0.3, 0.4) is 0 Å². The molecule has 77 valence electrons. The van der Waals surface area contributed by atoms with Gasteiger partial charge in [-0.2, -0.15) is 4.31 Å². The Morgan fingerprint density at radius 2 is 2.31 bits per heavy atom. The van der Waals surface area contributed by atoms with Crippen molar-refractivity contribution >= 4 is 10.0 Å². The van der Waals surface area contributed by atoms with Gasteiger partial charge in [-0.15, -0.1) is 0 Å². The fourth-order valence-corrected chi connectivity index (χ4v) is 2.78. The summed E-state index contributed by atoms with van der Waals surface area (Å²) in [5.41, 5.74) is 0. The van der Waals surface area contributed by atoms with Gasteiger partial charge in [0.05, 0.1) is 12.4 Å². The van der Waals surface area contributed by atoms with Crippen LogP contribution in [0.1, 0.15) is 13.3 Å². The molecule has 0 N–H and O–H groups in total. The van der Waals surface area contributed by atoms with Gasteiger partial charge in [-0.1, -0.05) is 0 Å². The van der Waals surface area contributed by atoms with E-state index in [9.17, 15) is 8.42 Å². The fraction of sp³-hybridized carbons (Fsp3) is 0.875. The normalized spacial score (nSPS) is 25.2. The maximum absolute atomic E-state index is 11.5. The standard InChI is InChI=1S/C8H16NO3S/c1-3-13(10,11)9-6-4-5-8(9)7-12-2/h4,8H,3,5-7H2,1-2H3/t8-/m0/s1. The van der Waals surface area contributed by atoms with Crippen molar-refractivity contribution in [3.63, 3.8) is 0 Å². The first-order chi connectivity index (χ1) is 6.11. The maximum atomic E-state index is 11.5. The minimum absolute atomic E-state index is 0.00921. The van der Waals surface area contributed by atoms with Crippen molar-refractivity contribution in [2.24, 2.45) is 0 Å². The Hall–Kier alpha value is -0.130. The topological polar surface area (TPSA) is 46.6 Å². The molecule has 0 aromatic carbocycles. The average molecular weight is 206 g/mol. The lowest BCUT2D eigenvalue weighted by molar-refractivity contribution is 0.149. The summed E-state index contributed by atoms with van der Waals surface area (Å²) in [7, 11) is -1.45. The second-order valence-corrected chi connectivity index (χ2v) is 5.31. The number of hydrogen-bond acceptors (Lipinski definition) is 3. The Morgan fingerprint density at radius 1 is 1.62 bits per heavy atom. The van der Waals surface area contributed by atoms with Crippen LogP contribution < -0.4 is 0 Å². The smallest absolute Gasteiger partial charge is 0.214 e. The van der Waals surface area contributed by atoms with Crippen LogP contribution in [0.5, 0.6) is 0 Å². The molecule has 0 aromatic rings. The van der Waals surface area contributed by atoms with E-state index in [0.717, 1.165) is 6.42 Å². The summed E-state index contributed by atoms with van der Waals surface area (Å²) in [6.07, 6.45) is 2.78. The highest BCUT2D eigenvalue weighted by Crippen LogP contribution is 2.20. The second kappa shape index (κ2) is 4.39. The van der Waals surface area contributed by atoms with Crippen LogP contribution in [-0.2, 0) is 14.8 Å². The Labute approximate surface area is 79.9 Å². The third kappa shape index (κ3) is 2.42. The molecule has 1 heterocycles. The fourth-order valence-electron chi connectivity index (χ4n) is 1.51. The highest BCUT2D eigenvalue weighted by molar-refractivity contribution is 7.89. The van der Waals surface area contributed by atoms with Crippen LogP contribution in [0.2, 0.25) is 0 Å². The minimum atomic E-state index is -3.05. The number of hydrogen-bond donors (Lipinski definition) is 0. The third-order valence-electron chi connectivity index (χ3n) is 2.24. The SMILES string of the molecule is CCS(=O)(=O)N1C[CH]C[C@H]1COC. The number of rotatable bonds is 4. The van der Waals surface area contributed by atoms with Crippen LogP contribution in [-0.4, -0.2) is 44.8 Å². The molecule has 1 saturated heterocycles. The zero-order chi connectivity index (χ0) is 9.90. The Bertz CT molecular complexity index is 250. The Kier molecular flexibility index (Phi) is 3.70. The van der Waals surface area contributed by atoms with E-state index in [-0.39, 0.29) is 11.8 Å². The second-order valence-electron chi connectivity index (χ2n) is 3.10. The van der Waals surface area contributed by atoms with Crippen molar-refractivity contribution in [1.82, 2.24) is 4.31 Å². The number of methoxy groups -OCH3 is 1. The highest BCUT2D eigenvalue weighted by Gasteiger charge is 2.32. The lowest BCUT2D eigenvalue weighted by Crippen LogP contribution is -2.38. The molecule has 0 spiro atoms. The first-order valence-corrected chi connectivity index (χ1v) is 6.03. The van der Waals surface area contributed by atoms with Gasteiger partial charge >= 0.3 is 0 Å². The van der Waals surface area contributed by atoms with Gasteiger partial charge in [-0.05, 0) is 19.8 Å². The van der Waals surface area contributed by atoms with E-state index in [1.165, 1.54) is 4.31 Å². The van der Waals surface area contributed by atoms with E-state index in [1.807, 2.05) is 6.42 Å². The van der Waals surface area contributed by atoms with Gasteiger partial charge in [-0.3, -0.25) is 0 Å². The van der Waals surface area contributed by atoms with E-state index >= 15 is 0 Å². The molecule has 1 fully saturated rings. The number of nitrogens with zero attached hydrogens (tertiary/aromatic N) is 1. The molecule has 1 aliphatic heterocycles. The molecule has 1 atom stereocenters. The summed E-state index contributed by atoms with van der Waals surface area (Å²) in [6, 6.07) is 0.00921. The predicted molar refractivity (Wildman–Crippen MR) is 50.7 cm³/mol. The van der Waals surface area contributed by atoms with Gasteiger partial charge in [0, 0.05) is 19.7 Å². The number of sulfonamides is 1. The molecule has 0 aliphatic carbocycles. The van der Waals surface area contributed by atoms with Crippen LogP contribution in [0.15, 0.2) is 0 Å². The van der Waals surface area contributed by atoms with Crippen molar-refractivity contribution in [2.45, 2.75) is 19.4 Å². The summed E-state index contributed by atoms with van der Waals surface area (Å²) < 4.78 is 29.6. The van der Waals surface area contributed by atoms with E-state index in [0.29, 0.717) is 13.2 Å². The first kappa shape index (κ1) is 10.9. The molecule has 0 aromatic heterocycles. The monoisotopic (exact) mass is 206 g/mol. The first-order valence-electron chi connectivity index (χ1n) is 4.42. The van der Waals surface area contributed by atoms with Gasteiger partial charge in [0.2, 0.25) is 10.0 Å². The molecule has 1 rings (SSSR count). The van der Waals surface area contributed by atoms with Crippen molar-refractivity contribution in [1.29, 1.82) is 0 Å². The Balaban J connectivity index is 2.68.